The molecule has 0 aliphatic carbocycles. The van der Waals surface area contributed by atoms with Crippen molar-refractivity contribution in [2.75, 3.05) is 13.6 Å². The number of nitrogens with zero attached hydrogens (tertiary/aromatic N) is 1. The normalized spacial score (nSPS) is 14.1. The summed E-state index contributed by atoms with van der Waals surface area (Å²) in [5, 5.41) is 9.62. The summed E-state index contributed by atoms with van der Waals surface area (Å²) in [6.07, 6.45) is 4.19. The van der Waals surface area contributed by atoms with Gasteiger partial charge in [0, 0.05) is 12.6 Å². The molecule has 13 heavy (non-hydrogen) atoms. The van der Waals surface area contributed by atoms with Crippen LogP contribution >= 0.6 is 0 Å². The number of likely N-dealkylation sites (N-methyl/N-ethyl adjacent to an activating group) is 1. The Hall–Kier alpha value is -0.0800. The quantitative estimate of drug-likeness (QED) is 0.661. The number of hydrogen-bond acceptors (Lipinski definition) is 2. The fourth-order valence-electron chi connectivity index (χ4n) is 1.82. The first-order valence-electron chi connectivity index (χ1n) is 5.53. The highest BCUT2D eigenvalue weighted by Gasteiger charge is 2.13. The molecule has 0 fully saturated rings. The highest BCUT2D eigenvalue weighted by atomic mass is 16.3. The third kappa shape index (κ3) is 5.27. The molecular weight excluding hydrogens is 162 g/mol. The van der Waals surface area contributed by atoms with Crippen LogP contribution in [0.2, 0.25) is 0 Å². The van der Waals surface area contributed by atoms with Crippen molar-refractivity contribution in [3.8, 4) is 0 Å². The highest BCUT2D eigenvalue weighted by Crippen LogP contribution is 2.08. The van der Waals surface area contributed by atoms with Gasteiger partial charge in [-0.2, -0.15) is 0 Å². The van der Waals surface area contributed by atoms with E-state index in [4.69, 9.17) is 0 Å². The van der Waals surface area contributed by atoms with Crippen LogP contribution in [0.5, 0.6) is 0 Å². The minimum atomic E-state index is -0.143. The van der Waals surface area contributed by atoms with E-state index < -0.39 is 0 Å². The van der Waals surface area contributed by atoms with Crippen molar-refractivity contribution in [2.24, 2.45) is 0 Å². The molecule has 1 N–H and O–H groups in total. The summed E-state index contributed by atoms with van der Waals surface area (Å²) in [6, 6.07) is 0.631. The Bertz CT molecular complexity index is 113. The Morgan fingerprint density at radius 3 is 2.08 bits per heavy atom. The molecule has 0 saturated heterocycles. The van der Waals surface area contributed by atoms with Gasteiger partial charge in [0.1, 0.15) is 0 Å². The van der Waals surface area contributed by atoms with E-state index in [9.17, 15) is 5.11 Å². The van der Waals surface area contributed by atoms with Gasteiger partial charge in [0.05, 0.1) is 6.10 Å². The van der Waals surface area contributed by atoms with Gasteiger partial charge in [0.15, 0.2) is 0 Å². The molecule has 80 valence electrons. The van der Waals surface area contributed by atoms with Crippen molar-refractivity contribution >= 4 is 0 Å². The lowest BCUT2D eigenvalue weighted by atomic mass is 10.1. The van der Waals surface area contributed by atoms with Gasteiger partial charge in [0.25, 0.3) is 0 Å². The molecule has 0 spiro atoms. The molecule has 2 nitrogen and oxygen atoms in total. The number of aliphatic hydroxyl groups is 1. The van der Waals surface area contributed by atoms with Crippen LogP contribution < -0.4 is 0 Å². The van der Waals surface area contributed by atoms with Crippen molar-refractivity contribution in [1.29, 1.82) is 0 Å². The maximum Gasteiger partial charge on any atom is 0.0667 e. The number of rotatable bonds is 7. The van der Waals surface area contributed by atoms with Gasteiger partial charge < -0.3 is 10.0 Å². The summed E-state index contributed by atoms with van der Waals surface area (Å²) in [5.41, 5.74) is 0. The molecule has 0 rings (SSSR count). The molecular formula is C11H25NO. The van der Waals surface area contributed by atoms with Gasteiger partial charge >= 0.3 is 0 Å². The van der Waals surface area contributed by atoms with E-state index in [1.165, 1.54) is 12.8 Å². The second kappa shape index (κ2) is 7.34. The van der Waals surface area contributed by atoms with E-state index in [0.717, 1.165) is 19.4 Å². The summed E-state index contributed by atoms with van der Waals surface area (Å²) in [7, 11) is 2.11. The van der Waals surface area contributed by atoms with Crippen LogP contribution in [0, 0.1) is 0 Å². The standard InChI is InChI=1S/C11H25NO/c1-5-8-11(13)9-12(4)10(6-2)7-3/h10-11,13H,5-9H2,1-4H3. The SMILES string of the molecule is CCCC(O)CN(C)C(CC)CC. The van der Waals surface area contributed by atoms with Crippen LogP contribution in [0.15, 0.2) is 0 Å². The van der Waals surface area contributed by atoms with Gasteiger partial charge in [-0.05, 0) is 26.3 Å². The summed E-state index contributed by atoms with van der Waals surface area (Å²) >= 11 is 0. The van der Waals surface area contributed by atoms with Gasteiger partial charge in [-0.15, -0.1) is 0 Å². The van der Waals surface area contributed by atoms with Crippen LogP contribution in [0.4, 0.5) is 0 Å². The summed E-state index contributed by atoms with van der Waals surface area (Å²) in [4.78, 5) is 2.28. The van der Waals surface area contributed by atoms with Crippen molar-refractivity contribution in [3.05, 3.63) is 0 Å². The largest absolute Gasteiger partial charge is 0.392 e. The van der Waals surface area contributed by atoms with Crippen LogP contribution in [-0.2, 0) is 0 Å². The molecule has 0 bridgehead atoms. The van der Waals surface area contributed by atoms with Crippen LogP contribution in [0.3, 0.4) is 0 Å². The van der Waals surface area contributed by atoms with Crippen LogP contribution in [0.1, 0.15) is 46.5 Å². The van der Waals surface area contributed by atoms with E-state index in [0.29, 0.717) is 6.04 Å². The predicted octanol–water partition coefficient (Wildman–Crippen LogP) is 2.27. The molecule has 1 atom stereocenters. The number of aliphatic hydroxyl groups excluding tert-OH is 1. The minimum Gasteiger partial charge on any atom is -0.392 e. The fraction of sp³-hybridized carbons (Fsp3) is 1.00. The Kier molecular flexibility index (Phi) is 7.29. The zero-order valence-electron chi connectivity index (χ0n) is 9.58. The van der Waals surface area contributed by atoms with Crippen LogP contribution in [0.25, 0.3) is 0 Å². The number of hydrogen-bond donors (Lipinski definition) is 1. The molecule has 0 aromatic carbocycles. The first-order valence-corrected chi connectivity index (χ1v) is 5.53. The molecule has 0 aliphatic rings. The van der Waals surface area contributed by atoms with Gasteiger partial charge in [0.2, 0.25) is 0 Å². The molecule has 0 aliphatic heterocycles. The average Bonchev–Trinajstić information content (AvgIpc) is 2.06. The second-order valence-electron chi connectivity index (χ2n) is 3.85. The molecule has 0 aromatic heterocycles. The van der Waals surface area contributed by atoms with E-state index >= 15 is 0 Å². The maximum atomic E-state index is 9.62. The molecule has 2 heteroatoms. The Morgan fingerprint density at radius 2 is 1.69 bits per heavy atom. The molecule has 0 heterocycles. The van der Waals surface area contributed by atoms with Crippen molar-refractivity contribution in [2.45, 2.75) is 58.6 Å². The predicted molar refractivity (Wildman–Crippen MR) is 57.9 cm³/mol. The second-order valence-corrected chi connectivity index (χ2v) is 3.85. The average molecular weight is 187 g/mol. The topological polar surface area (TPSA) is 23.5 Å². The Balaban J connectivity index is 3.75. The molecule has 0 amide bonds. The smallest absolute Gasteiger partial charge is 0.0667 e. The van der Waals surface area contributed by atoms with Gasteiger partial charge in [-0.1, -0.05) is 27.2 Å². The highest BCUT2D eigenvalue weighted by molar-refractivity contribution is 4.68. The third-order valence-corrected chi connectivity index (χ3v) is 2.69. The van der Waals surface area contributed by atoms with Gasteiger partial charge in [-0.3, -0.25) is 0 Å². The summed E-state index contributed by atoms with van der Waals surface area (Å²) in [5.74, 6) is 0. The molecule has 0 saturated carbocycles. The Morgan fingerprint density at radius 1 is 1.15 bits per heavy atom. The van der Waals surface area contributed by atoms with Crippen molar-refractivity contribution < 1.29 is 5.11 Å². The lowest BCUT2D eigenvalue weighted by Gasteiger charge is -2.28. The zero-order valence-corrected chi connectivity index (χ0v) is 9.58. The monoisotopic (exact) mass is 187 g/mol. The van der Waals surface area contributed by atoms with E-state index in [2.05, 4.69) is 32.7 Å². The third-order valence-electron chi connectivity index (χ3n) is 2.69. The van der Waals surface area contributed by atoms with Crippen molar-refractivity contribution in [1.82, 2.24) is 4.90 Å². The lowest BCUT2D eigenvalue weighted by molar-refractivity contribution is 0.0941. The van der Waals surface area contributed by atoms with Gasteiger partial charge in [-0.25, -0.2) is 0 Å². The maximum absolute atomic E-state index is 9.62. The molecule has 1 unspecified atom stereocenters. The molecule has 0 radical (unpaired) electrons. The van der Waals surface area contributed by atoms with Crippen LogP contribution in [-0.4, -0.2) is 35.7 Å². The molecule has 0 aromatic rings. The lowest BCUT2D eigenvalue weighted by Crippen LogP contribution is -2.36. The summed E-state index contributed by atoms with van der Waals surface area (Å²) < 4.78 is 0. The zero-order chi connectivity index (χ0) is 10.3. The first kappa shape index (κ1) is 12.9. The Labute approximate surface area is 82.9 Å². The van der Waals surface area contributed by atoms with E-state index in [1.54, 1.807) is 0 Å². The minimum absolute atomic E-state index is 0.143. The summed E-state index contributed by atoms with van der Waals surface area (Å²) in [6.45, 7) is 7.34. The fourth-order valence-corrected chi connectivity index (χ4v) is 1.82. The van der Waals surface area contributed by atoms with E-state index in [-0.39, 0.29) is 6.10 Å². The van der Waals surface area contributed by atoms with Crippen molar-refractivity contribution in [3.63, 3.8) is 0 Å². The first-order chi connectivity index (χ1) is 6.15. The van der Waals surface area contributed by atoms with E-state index in [1.807, 2.05) is 0 Å².